The van der Waals surface area contributed by atoms with Gasteiger partial charge in [-0.15, -0.1) is 5.10 Å². The van der Waals surface area contributed by atoms with Gasteiger partial charge in [-0.1, -0.05) is 16.8 Å². The third-order valence-corrected chi connectivity index (χ3v) is 2.33. The Morgan fingerprint density at radius 2 is 2.12 bits per heavy atom. The second-order valence-electron chi connectivity index (χ2n) is 3.33. The number of carbonyl (C=O) groups excluding carboxylic acids is 1. The normalized spacial score (nSPS) is 10.2. The van der Waals surface area contributed by atoms with Gasteiger partial charge in [0.15, 0.2) is 6.29 Å². The standard InChI is InChI=1S/C11H10ClN3O2/c12-9-1-3-11(4-2-9)17-6-5-15-7-10(8-16)13-14-15/h1-4,7-8H,5-6H2. The fourth-order valence-electron chi connectivity index (χ4n) is 1.26. The summed E-state index contributed by atoms with van der Waals surface area (Å²) in [5.41, 5.74) is 0.316. The Morgan fingerprint density at radius 1 is 1.35 bits per heavy atom. The minimum Gasteiger partial charge on any atom is -0.492 e. The zero-order valence-corrected chi connectivity index (χ0v) is 9.67. The Balaban J connectivity index is 1.83. The topological polar surface area (TPSA) is 57.0 Å². The van der Waals surface area contributed by atoms with E-state index in [9.17, 15) is 4.79 Å². The fourth-order valence-corrected chi connectivity index (χ4v) is 1.39. The van der Waals surface area contributed by atoms with Crippen LogP contribution in [0.3, 0.4) is 0 Å². The van der Waals surface area contributed by atoms with E-state index in [0.29, 0.717) is 30.2 Å². The number of hydrogen-bond donors (Lipinski definition) is 0. The van der Waals surface area contributed by atoms with E-state index in [1.165, 1.54) is 0 Å². The summed E-state index contributed by atoms with van der Waals surface area (Å²) < 4.78 is 7.03. The highest BCUT2D eigenvalue weighted by molar-refractivity contribution is 6.30. The number of carbonyl (C=O) groups is 1. The molecule has 0 spiro atoms. The number of aromatic nitrogens is 3. The van der Waals surface area contributed by atoms with Crippen molar-refractivity contribution in [2.75, 3.05) is 6.61 Å². The summed E-state index contributed by atoms with van der Waals surface area (Å²) in [6.45, 7) is 0.979. The summed E-state index contributed by atoms with van der Waals surface area (Å²) >= 11 is 5.75. The molecule has 1 heterocycles. The van der Waals surface area contributed by atoms with Crippen molar-refractivity contribution in [3.8, 4) is 5.75 Å². The summed E-state index contributed by atoms with van der Waals surface area (Å²) in [6.07, 6.45) is 2.22. The average Bonchev–Trinajstić information content (AvgIpc) is 2.80. The first-order valence-corrected chi connectivity index (χ1v) is 5.39. The molecular weight excluding hydrogens is 242 g/mol. The van der Waals surface area contributed by atoms with Crippen molar-refractivity contribution in [3.05, 3.63) is 41.2 Å². The number of nitrogens with zero attached hydrogens (tertiary/aromatic N) is 3. The van der Waals surface area contributed by atoms with Gasteiger partial charge in [-0.2, -0.15) is 0 Å². The Kier molecular flexibility index (Phi) is 3.72. The molecule has 0 saturated heterocycles. The van der Waals surface area contributed by atoms with Gasteiger partial charge in [-0.25, -0.2) is 4.68 Å². The quantitative estimate of drug-likeness (QED) is 0.761. The maximum absolute atomic E-state index is 10.4. The summed E-state index contributed by atoms with van der Waals surface area (Å²) in [4.78, 5) is 10.4. The van der Waals surface area contributed by atoms with Crippen molar-refractivity contribution < 1.29 is 9.53 Å². The maximum atomic E-state index is 10.4. The van der Waals surface area contributed by atoms with E-state index in [-0.39, 0.29) is 0 Å². The lowest BCUT2D eigenvalue weighted by atomic mass is 10.3. The number of aldehydes is 1. The van der Waals surface area contributed by atoms with Crippen LogP contribution >= 0.6 is 11.6 Å². The predicted molar refractivity (Wildman–Crippen MR) is 62.4 cm³/mol. The molecule has 0 atom stereocenters. The van der Waals surface area contributed by atoms with Crippen LogP contribution in [0.4, 0.5) is 0 Å². The second kappa shape index (κ2) is 5.45. The minimum atomic E-state index is 0.316. The van der Waals surface area contributed by atoms with Gasteiger partial charge >= 0.3 is 0 Å². The summed E-state index contributed by atoms with van der Waals surface area (Å²) in [5, 5.41) is 8.08. The first kappa shape index (κ1) is 11.6. The van der Waals surface area contributed by atoms with Crippen LogP contribution in [0.25, 0.3) is 0 Å². The molecule has 0 aliphatic carbocycles. The Hall–Kier alpha value is -1.88. The number of rotatable bonds is 5. The highest BCUT2D eigenvalue weighted by Crippen LogP contribution is 2.15. The Labute approximate surface area is 103 Å². The molecule has 0 aliphatic heterocycles. The van der Waals surface area contributed by atoms with Crippen LogP contribution in [0.2, 0.25) is 5.02 Å². The van der Waals surface area contributed by atoms with Crippen LogP contribution in [0.15, 0.2) is 30.5 Å². The minimum absolute atomic E-state index is 0.316. The first-order chi connectivity index (χ1) is 8.28. The number of benzene rings is 1. The third-order valence-electron chi connectivity index (χ3n) is 2.08. The van der Waals surface area contributed by atoms with Crippen LogP contribution in [0.1, 0.15) is 10.5 Å². The van der Waals surface area contributed by atoms with E-state index in [2.05, 4.69) is 10.3 Å². The van der Waals surface area contributed by atoms with E-state index in [1.54, 1.807) is 35.1 Å². The molecule has 0 saturated carbocycles. The molecule has 1 aromatic heterocycles. The van der Waals surface area contributed by atoms with Crippen molar-refractivity contribution >= 4 is 17.9 Å². The van der Waals surface area contributed by atoms with Gasteiger partial charge in [-0.3, -0.25) is 4.79 Å². The second-order valence-corrected chi connectivity index (χ2v) is 3.76. The smallest absolute Gasteiger partial charge is 0.171 e. The molecule has 0 amide bonds. The van der Waals surface area contributed by atoms with Crippen molar-refractivity contribution in [3.63, 3.8) is 0 Å². The van der Waals surface area contributed by atoms with E-state index in [0.717, 1.165) is 5.75 Å². The highest BCUT2D eigenvalue weighted by Gasteiger charge is 1.99. The molecule has 0 aliphatic rings. The van der Waals surface area contributed by atoms with E-state index in [4.69, 9.17) is 16.3 Å². The lowest BCUT2D eigenvalue weighted by Gasteiger charge is -2.05. The van der Waals surface area contributed by atoms with Crippen molar-refractivity contribution in [2.45, 2.75) is 6.54 Å². The molecule has 88 valence electrons. The van der Waals surface area contributed by atoms with Crippen LogP contribution < -0.4 is 4.74 Å². The molecule has 1 aromatic carbocycles. The van der Waals surface area contributed by atoms with Crippen molar-refractivity contribution in [2.24, 2.45) is 0 Å². The summed E-state index contributed by atoms with van der Waals surface area (Å²) in [5.74, 6) is 0.741. The van der Waals surface area contributed by atoms with Crippen LogP contribution in [0.5, 0.6) is 5.75 Å². The summed E-state index contributed by atoms with van der Waals surface area (Å²) in [6, 6.07) is 7.11. The Morgan fingerprint density at radius 3 is 2.76 bits per heavy atom. The first-order valence-electron chi connectivity index (χ1n) is 5.01. The zero-order valence-electron chi connectivity index (χ0n) is 8.91. The molecule has 17 heavy (non-hydrogen) atoms. The van der Waals surface area contributed by atoms with Gasteiger partial charge < -0.3 is 4.74 Å². The van der Waals surface area contributed by atoms with Gasteiger partial charge in [0, 0.05) is 5.02 Å². The van der Waals surface area contributed by atoms with Gasteiger partial charge in [0.25, 0.3) is 0 Å². The highest BCUT2D eigenvalue weighted by atomic mass is 35.5. The lowest BCUT2D eigenvalue weighted by molar-refractivity contribution is 0.111. The molecule has 0 radical (unpaired) electrons. The predicted octanol–water partition coefficient (Wildman–Crippen LogP) is 1.82. The van der Waals surface area contributed by atoms with Crippen LogP contribution in [0, 0.1) is 0 Å². The molecule has 0 N–H and O–H groups in total. The SMILES string of the molecule is O=Cc1cn(CCOc2ccc(Cl)cc2)nn1. The van der Waals surface area contributed by atoms with E-state index < -0.39 is 0 Å². The maximum Gasteiger partial charge on any atom is 0.171 e. The zero-order chi connectivity index (χ0) is 12.1. The van der Waals surface area contributed by atoms with E-state index >= 15 is 0 Å². The lowest BCUT2D eigenvalue weighted by Crippen LogP contribution is -2.08. The summed E-state index contributed by atoms with van der Waals surface area (Å²) in [7, 11) is 0. The van der Waals surface area contributed by atoms with Gasteiger partial charge in [0.2, 0.25) is 0 Å². The van der Waals surface area contributed by atoms with Crippen LogP contribution in [-0.4, -0.2) is 27.9 Å². The monoisotopic (exact) mass is 251 g/mol. The van der Waals surface area contributed by atoms with Gasteiger partial charge in [0.1, 0.15) is 18.1 Å². The van der Waals surface area contributed by atoms with Gasteiger partial charge in [0.05, 0.1) is 12.7 Å². The van der Waals surface area contributed by atoms with Gasteiger partial charge in [-0.05, 0) is 24.3 Å². The molecule has 0 unspecified atom stereocenters. The van der Waals surface area contributed by atoms with Crippen molar-refractivity contribution in [1.82, 2.24) is 15.0 Å². The van der Waals surface area contributed by atoms with Crippen molar-refractivity contribution in [1.29, 1.82) is 0 Å². The third kappa shape index (κ3) is 3.29. The largest absolute Gasteiger partial charge is 0.492 e. The Bertz CT molecular complexity index is 496. The molecular formula is C11H10ClN3O2. The molecule has 6 heteroatoms. The molecule has 0 bridgehead atoms. The average molecular weight is 252 g/mol. The molecule has 2 rings (SSSR count). The molecule has 5 nitrogen and oxygen atoms in total. The van der Waals surface area contributed by atoms with E-state index in [1.807, 2.05) is 0 Å². The molecule has 2 aromatic rings. The number of ether oxygens (including phenoxy) is 1. The fraction of sp³-hybridized carbons (Fsp3) is 0.182. The number of hydrogen-bond acceptors (Lipinski definition) is 4. The number of halogens is 1. The van der Waals surface area contributed by atoms with Crippen LogP contribution in [-0.2, 0) is 6.54 Å². The molecule has 0 fully saturated rings.